The number of benzene rings is 1. The normalized spacial score (nSPS) is 10.5. The van der Waals surface area contributed by atoms with Gasteiger partial charge in [0, 0.05) is 0 Å². The smallest absolute Gasteiger partial charge is 0.214 e. The van der Waals surface area contributed by atoms with Crippen molar-refractivity contribution in [2.45, 2.75) is 11.8 Å². The van der Waals surface area contributed by atoms with Crippen LogP contribution in [0.3, 0.4) is 0 Å². The molecule has 0 bridgehead atoms. The SMILES string of the molecule is CNS(=O)(=O)c1ccc(C#N)c(C)c1C#N. The molecule has 0 atom stereocenters. The Morgan fingerprint density at radius 2 is 1.88 bits per heavy atom. The summed E-state index contributed by atoms with van der Waals surface area (Å²) in [5.74, 6) is 0. The highest BCUT2D eigenvalue weighted by atomic mass is 32.2. The highest BCUT2D eigenvalue weighted by molar-refractivity contribution is 7.89. The number of rotatable bonds is 2. The molecule has 1 aromatic rings. The maximum atomic E-state index is 11.6. The van der Waals surface area contributed by atoms with Gasteiger partial charge in [-0.2, -0.15) is 10.5 Å². The van der Waals surface area contributed by atoms with E-state index in [4.69, 9.17) is 10.5 Å². The Balaban J connectivity index is 3.66. The third kappa shape index (κ3) is 1.89. The second kappa shape index (κ2) is 4.31. The highest BCUT2D eigenvalue weighted by Gasteiger charge is 2.19. The van der Waals surface area contributed by atoms with E-state index in [1.165, 1.54) is 19.2 Å². The Morgan fingerprint density at radius 3 is 2.31 bits per heavy atom. The minimum atomic E-state index is -3.67. The van der Waals surface area contributed by atoms with Gasteiger partial charge >= 0.3 is 0 Å². The largest absolute Gasteiger partial charge is 0.241 e. The van der Waals surface area contributed by atoms with Crippen LogP contribution in [0, 0.1) is 29.6 Å². The predicted octanol–water partition coefficient (Wildman–Crippen LogP) is 0.646. The first-order valence-corrected chi connectivity index (χ1v) is 5.83. The van der Waals surface area contributed by atoms with Crippen LogP contribution < -0.4 is 4.72 Å². The van der Waals surface area contributed by atoms with Gasteiger partial charge in [0.1, 0.15) is 11.0 Å². The summed E-state index contributed by atoms with van der Waals surface area (Å²) in [7, 11) is -2.40. The number of sulfonamides is 1. The Kier molecular flexibility index (Phi) is 3.28. The van der Waals surface area contributed by atoms with Gasteiger partial charge in [-0.05, 0) is 31.7 Å². The predicted molar refractivity (Wildman–Crippen MR) is 56.9 cm³/mol. The van der Waals surface area contributed by atoms with Crippen LogP contribution in [-0.2, 0) is 10.0 Å². The molecule has 1 rings (SSSR count). The van der Waals surface area contributed by atoms with Crippen LogP contribution in [0.1, 0.15) is 16.7 Å². The lowest BCUT2D eigenvalue weighted by atomic mass is 10.0. The van der Waals surface area contributed by atoms with Gasteiger partial charge in [0.15, 0.2) is 0 Å². The van der Waals surface area contributed by atoms with Gasteiger partial charge in [-0.1, -0.05) is 0 Å². The van der Waals surface area contributed by atoms with E-state index >= 15 is 0 Å². The summed E-state index contributed by atoms with van der Waals surface area (Å²) < 4.78 is 25.3. The average molecular weight is 235 g/mol. The second-order valence-corrected chi connectivity index (χ2v) is 4.90. The third-order valence-corrected chi connectivity index (χ3v) is 3.67. The van der Waals surface area contributed by atoms with E-state index in [1.807, 2.05) is 12.1 Å². The molecule has 0 saturated heterocycles. The zero-order valence-electron chi connectivity index (χ0n) is 8.77. The molecule has 0 aromatic heterocycles. The Bertz CT molecular complexity index is 606. The van der Waals surface area contributed by atoms with Crippen LogP contribution in [0.2, 0.25) is 0 Å². The van der Waals surface area contributed by atoms with Crippen molar-refractivity contribution < 1.29 is 8.42 Å². The molecular formula is C10H9N3O2S. The molecule has 82 valence electrons. The molecule has 0 aliphatic rings. The summed E-state index contributed by atoms with van der Waals surface area (Å²) >= 11 is 0. The first-order valence-electron chi connectivity index (χ1n) is 4.35. The van der Waals surface area contributed by atoms with E-state index in [1.54, 1.807) is 6.92 Å². The number of hydrogen-bond acceptors (Lipinski definition) is 4. The molecule has 6 heteroatoms. The summed E-state index contributed by atoms with van der Waals surface area (Å²) in [5, 5.41) is 17.7. The monoisotopic (exact) mass is 235 g/mol. The Hall–Kier alpha value is -1.89. The molecule has 0 fully saturated rings. The molecule has 0 spiro atoms. The maximum absolute atomic E-state index is 11.6. The van der Waals surface area contributed by atoms with Crippen LogP contribution in [-0.4, -0.2) is 15.5 Å². The number of nitrogens with zero attached hydrogens (tertiary/aromatic N) is 2. The van der Waals surface area contributed by atoms with Gasteiger partial charge in [-0.3, -0.25) is 0 Å². The fourth-order valence-corrected chi connectivity index (χ4v) is 2.22. The van der Waals surface area contributed by atoms with Crippen LogP contribution in [0.15, 0.2) is 17.0 Å². The van der Waals surface area contributed by atoms with Gasteiger partial charge in [-0.25, -0.2) is 13.1 Å². The lowest BCUT2D eigenvalue weighted by Gasteiger charge is -2.07. The van der Waals surface area contributed by atoms with Crippen LogP contribution in [0.5, 0.6) is 0 Å². The molecule has 5 nitrogen and oxygen atoms in total. The molecule has 0 unspecified atom stereocenters. The van der Waals surface area contributed by atoms with E-state index in [9.17, 15) is 8.42 Å². The van der Waals surface area contributed by atoms with E-state index in [0.29, 0.717) is 11.1 Å². The highest BCUT2D eigenvalue weighted by Crippen LogP contribution is 2.21. The zero-order chi connectivity index (χ0) is 12.3. The summed E-state index contributed by atoms with van der Waals surface area (Å²) in [6.07, 6.45) is 0. The minimum absolute atomic E-state index is 0.00778. The quantitative estimate of drug-likeness (QED) is 0.814. The maximum Gasteiger partial charge on any atom is 0.241 e. The molecule has 1 N–H and O–H groups in total. The molecule has 0 heterocycles. The lowest BCUT2D eigenvalue weighted by molar-refractivity contribution is 0.588. The average Bonchev–Trinajstić information content (AvgIpc) is 2.28. The first-order chi connectivity index (χ1) is 7.47. The summed E-state index contributed by atoms with van der Waals surface area (Å²) in [4.78, 5) is -0.103. The molecular weight excluding hydrogens is 226 g/mol. The van der Waals surface area contributed by atoms with Crippen molar-refractivity contribution in [3.05, 3.63) is 28.8 Å². The molecule has 0 aliphatic carbocycles. The van der Waals surface area contributed by atoms with Crippen molar-refractivity contribution in [1.29, 1.82) is 10.5 Å². The molecule has 0 radical (unpaired) electrons. The van der Waals surface area contributed by atoms with E-state index in [2.05, 4.69) is 4.72 Å². The Labute approximate surface area is 94.0 Å². The van der Waals surface area contributed by atoms with Crippen molar-refractivity contribution >= 4 is 10.0 Å². The fourth-order valence-electron chi connectivity index (χ4n) is 1.28. The molecule has 0 aliphatic heterocycles. The molecule has 0 saturated carbocycles. The van der Waals surface area contributed by atoms with Gasteiger partial charge < -0.3 is 0 Å². The van der Waals surface area contributed by atoms with E-state index in [-0.39, 0.29) is 10.5 Å². The van der Waals surface area contributed by atoms with Gasteiger partial charge in [0.2, 0.25) is 10.0 Å². The second-order valence-electron chi connectivity index (χ2n) is 3.04. The van der Waals surface area contributed by atoms with Crippen molar-refractivity contribution in [1.82, 2.24) is 4.72 Å². The van der Waals surface area contributed by atoms with Gasteiger partial charge in [0.25, 0.3) is 0 Å². The summed E-state index contributed by atoms with van der Waals surface area (Å²) in [5.41, 5.74) is 0.682. The van der Waals surface area contributed by atoms with Crippen molar-refractivity contribution in [2.75, 3.05) is 7.05 Å². The Morgan fingerprint density at radius 1 is 1.25 bits per heavy atom. The molecule has 16 heavy (non-hydrogen) atoms. The van der Waals surface area contributed by atoms with Crippen molar-refractivity contribution in [3.8, 4) is 12.1 Å². The molecule has 1 aromatic carbocycles. The third-order valence-electron chi connectivity index (χ3n) is 2.22. The van der Waals surface area contributed by atoms with Crippen LogP contribution in [0.4, 0.5) is 0 Å². The van der Waals surface area contributed by atoms with E-state index in [0.717, 1.165) is 0 Å². The van der Waals surface area contributed by atoms with Crippen LogP contribution in [0.25, 0.3) is 0 Å². The number of nitriles is 2. The first kappa shape index (κ1) is 12.2. The zero-order valence-corrected chi connectivity index (χ0v) is 9.59. The summed E-state index contributed by atoms with van der Waals surface area (Å²) in [6, 6.07) is 6.36. The summed E-state index contributed by atoms with van der Waals surface area (Å²) in [6.45, 7) is 1.55. The number of nitrogens with one attached hydrogen (secondary N) is 1. The van der Waals surface area contributed by atoms with Crippen LogP contribution >= 0.6 is 0 Å². The topological polar surface area (TPSA) is 93.8 Å². The minimum Gasteiger partial charge on any atom is -0.214 e. The van der Waals surface area contributed by atoms with Gasteiger partial charge in [-0.15, -0.1) is 0 Å². The van der Waals surface area contributed by atoms with E-state index < -0.39 is 10.0 Å². The molecule has 0 amide bonds. The van der Waals surface area contributed by atoms with Crippen molar-refractivity contribution in [2.24, 2.45) is 0 Å². The fraction of sp³-hybridized carbons (Fsp3) is 0.200. The van der Waals surface area contributed by atoms with Crippen molar-refractivity contribution in [3.63, 3.8) is 0 Å². The van der Waals surface area contributed by atoms with Gasteiger partial charge in [0.05, 0.1) is 17.2 Å². The lowest BCUT2D eigenvalue weighted by Crippen LogP contribution is -2.20. The standard InChI is InChI=1S/C10H9N3O2S/c1-7-8(5-11)3-4-10(9(7)6-12)16(14,15)13-2/h3-4,13H,1-2H3. The number of hydrogen-bond donors (Lipinski definition) is 1.